The number of carboxylic acid groups (broad SMARTS) is 1. The van der Waals surface area contributed by atoms with E-state index >= 15 is 0 Å². The number of amides is 1. The molecule has 0 aromatic carbocycles. The topological polar surface area (TPSA) is 75.6 Å². The van der Waals surface area contributed by atoms with Crippen LogP contribution in [0.1, 0.15) is 44.9 Å². The standard InChI is InChI=1S/C12H19NO4/c14-10(9-5-4-8-17-9)13-12(11(15)16)6-2-1-3-7-12/h9H,1-8H2,(H,13,14)(H,15,16)/t9-/m1/s1. The fourth-order valence-corrected chi connectivity index (χ4v) is 2.65. The van der Waals surface area contributed by atoms with Crippen molar-refractivity contribution in [2.75, 3.05) is 6.61 Å². The second-order valence-electron chi connectivity index (χ2n) is 4.94. The van der Waals surface area contributed by atoms with E-state index < -0.39 is 17.6 Å². The second-order valence-corrected chi connectivity index (χ2v) is 4.94. The minimum atomic E-state index is -1.05. The Hall–Kier alpha value is -1.10. The molecule has 2 fully saturated rings. The Kier molecular flexibility index (Phi) is 3.66. The third kappa shape index (κ3) is 2.60. The van der Waals surface area contributed by atoms with Crippen molar-refractivity contribution < 1.29 is 19.4 Å². The molecule has 0 aromatic heterocycles. The molecule has 1 amide bonds. The Morgan fingerprint density at radius 2 is 1.88 bits per heavy atom. The molecule has 2 aliphatic rings. The Bertz CT molecular complexity index is 304. The van der Waals surface area contributed by atoms with Crippen LogP contribution in [-0.4, -0.2) is 35.2 Å². The summed E-state index contributed by atoms with van der Waals surface area (Å²) in [5.74, 6) is -1.17. The lowest BCUT2D eigenvalue weighted by molar-refractivity contribution is -0.151. The van der Waals surface area contributed by atoms with E-state index in [4.69, 9.17) is 4.74 Å². The molecule has 2 rings (SSSR count). The predicted octanol–water partition coefficient (Wildman–Crippen LogP) is 1.07. The van der Waals surface area contributed by atoms with Gasteiger partial charge >= 0.3 is 5.97 Å². The Morgan fingerprint density at radius 1 is 1.18 bits per heavy atom. The summed E-state index contributed by atoms with van der Waals surface area (Å²) in [5, 5.41) is 12.0. The second kappa shape index (κ2) is 5.04. The summed E-state index contributed by atoms with van der Waals surface area (Å²) in [4.78, 5) is 23.3. The molecule has 17 heavy (non-hydrogen) atoms. The molecule has 1 atom stereocenters. The van der Waals surface area contributed by atoms with E-state index in [1.807, 2.05) is 0 Å². The fraction of sp³-hybridized carbons (Fsp3) is 0.833. The maximum absolute atomic E-state index is 11.9. The first kappa shape index (κ1) is 12.4. The van der Waals surface area contributed by atoms with Crippen LogP contribution in [0.15, 0.2) is 0 Å². The minimum absolute atomic E-state index is 0.258. The van der Waals surface area contributed by atoms with Gasteiger partial charge in [-0.15, -0.1) is 0 Å². The van der Waals surface area contributed by atoms with Gasteiger partial charge in [0.1, 0.15) is 11.6 Å². The number of ether oxygens (including phenoxy) is 1. The van der Waals surface area contributed by atoms with E-state index in [1.165, 1.54) is 0 Å². The highest BCUT2D eigenvalue weighted by molar-refractivity contribution is 5.89. The van der Waals surface area contributed by atoms with Gasteiger partial charge in [-0.3, -0.25) is 4.79 Å². The van der Waals surface area contributed by atoms with Crippen molar-refractivity contribution in [2.24, 2.45) is 0 Å². The van der Waals surface area contributed by atoms with Crippen molar-refractivity contribution in [3.05, 3.63) is 0 Å². The van der Waals surface area contributed by atoms with Crippen LogP contribution in [0, 0.1) is 0 Å². The number of carboxylic acids is 1. The summed E-state index contributed by atoms with van der Waals surface area (Å²) >= 11 is 0. The highest BCUT2D eigenvalue weighted by Crippen LogP contribution is 2.29. The van der Waals surface area contributed by atoms with Crippen LogP contribution in [-0.2, 0) is 14.3 Å². The van der Waals surface area contributed by atoms with Gasteiger partial charge in [0.25, 0.3) is 0 Å². The van der Waals surface area contributed by atoms with E-state index in [-0.39, 0.29) is 5.91 Å². The molecule has 1 aliphatic heterocycles. The number of hydrogen-bond donors (Lipinski definition) is 2. The van der Waals surface area contributed by atoms with Gasteiger partial charge in [0.15, 0.2) is 0 Å². The molecule has 96 valence electrons. The smallest absolute Gasteiger partial charge is 0.329 e. The first-order chi connectivity index (χ1) is 8.14. The van der Waals surface area contributed by atoms with Crippen LogP contribution in [0.5, 0.6) is 0 Å². The van der Waals surface area contributed by atoms with E-state index in [0.29, 0.717) is 25.9 Å². The number of hydrogen-bond acceptors (Lipinski definition) is 3. The quantitative estimate of drug-likeness (QED) is 0.775. The summed E-state index contributed by atoms with van der Waals surface area (Å²) < 4.78 is 5.28. The molecule has 5 heteroatoms. The number of nitrogens with one attached hydrogen (secondary N) is 1. The largest absolute Gasteiger partial charge is 0.480 e. The third-order valence-corrected chi connectivity index (χ3v) is 3.70. The van der Waals surface area contributed by atoms with Gasteiger partial charge in [-0.05, 0) is 25.7 Å². The molecule has 2 N–H and O–H groups in total. The predicted molar refractivity (Wildman–Crippen MR) is 60.6 cm³/mol. The normalized spacial score (nSPS) is 27.6. The summed E-state index contributed by atoms with van der Waals surface area (Å²) in [6.45, 7) is 0.595. The average molecular weight is 241 g/mol. The van der Waals surface area contributed by atoms with Crippen molar-refractivity contribution >= 4 is 11.9 Å². The Labute approximate surface area is 101 Å². The summed E-state index contributed by atoms with van der Waals surface area (Å²) in [7, 11) is 0. The Balaban J connectivity index is 2.01. The highest BCUT2D eigenvalue weighted by atomic mass is 16.5. The molecule has 0 aromatic rings. The molecule has 0 bridgehead atoms. The van der Waals surface area contributed by atoms with E-state index in [9.17, 15) is 14.7 Å². The summed E-state index contributed by atoms with van der Waals surface area (Å²) in [5.41, 5.74) is -1.05. The first-order valence-electron chi connectivity index (χ1n) is 6.31. The molecule has 0 unspecified atom stereocenters. The minimum Gasteiger partial charge on any atom is -0.480 e. The summed E-state index contributed by atoms with van der Waals surface area (Å²) in [6.07, 6.45) is 4.94. The highest BCUT2D eigenvalue weighted by Gasteiger charge is 2.42. The third-order valence-electron chi connectivity index (χ3n) is 3.70. The molecule has 0 spiro atoms. The van der Waals surface area contributed by atoms with Crippen LogP contribution in [0.25, 0.3) is 0 Å². The van der Waals surface area contributed by atoms with Gasteiger partial charge in [-0.2, -0.15) is 0 Å². The van der Waals surface area contributed by atoms with Crippen LogP contribution >= 0.6 is 0 Å². The molecular formula is C12H19NO4. The fourth-order valence-electron chi connectivity index (χ4n) is 2.65. The van der Waals surface area contributed by atoms with Gasteiger partial charge in [-0.1, -0.05) is 19.3 Å². The number of aliphatic carboxylic acids is 1. The van der Waals surface area contributed by atoms with Gasteiger partial charge in [0.2, 0.25) is 5.91 Å². The monoisotopic (exact) mass is 241 g/mol. The zero-order valence-electron chi connectivity index (χ0n) is 9.91. The molecule has 1 saturated carbocycles. The lowest BCUT2D eigenvalue weighted by Crippen LogP contribution is -2.57. The molecule has 1 heterocycles. The zero-order chi connectivity index (χ0) is 12.3. The molecule has 1 saturated heterocycles. The van der Waals surface area contributed by atoms with Crippen LogP contribution < -0.4 is 5.32 Å². The summed E-state index contributed by atoms with van der Waals surface area (Å²) in [6, 6.07) is 0. The van der Waals surface area contributed by atoms with E-state index in [2.05, 4.69) is 5.32 Å². The van der Waals surface area contributed by atoms with Crippen LogP contribution in [0.2, 0.25) is 0 Å². The van der Waals surface area contributed by atoms with Crippen molar-refractivity contribution in [2.45, 2.75) is 56.6 Å². The lowest BCUT2D eigenvalue weighted by atomic mass is 9.81. The van der Waals surface area contributed by atoms with Crippen LogP contribution in [0.4, 0.5) is 0 Å². The number of carbonyl (C=O) groups is 2. The van der Waals surface area contributed by atoms with Crippen LogP contribution in [0.3, 0.4) is 0 Å². The average Bonchev–Trinajstić information content (AvgIpc) is 2.83. The van der Waals surface area contributed by atoms with Crippen molar-refractivity contribution in [1.82, 2.24) is 5.32 Å². The van der Waals surface area contributed by atoms with Gasteiger partial charge in [0, 0.05) is 6.61 Å². The van der Waals surface area contributed by atoms with Crippen molar-refractivity contribution in [3.8, 4) is 0 Å². The number of rotatable bonds is 3. The van der Waals surface area contributed by atoms with Gasteiger partial charge in [-0.25, -0.2) is 4.79 Å². The van der Waals surface area contributed by atoms with Crippen molar-refractivity contribution in [1.29, 1.82) is 0 Å². The molecule has 0 radical (unpaired) electrons. The maximum atomic E-state index is 11.9. The Morgan fingerprint density at radius 3 is 2.41 bits per heavy atom. The lowest BCUT2D eigenvalue weighted by Gasteiger charge is -2.34. The maximum Gasteiger partial charge on any atom is 0.329 e. The van der Waals surface area contributed by atoms with Gasteiger partial charge in [0.05, 0.1) is 0 Å². The zero-order valence-corrected chi connectivity index (χ0v) is 9.91. The van der Waals surface area contributed by atoms with E-state index in [0.717, 1.165) is 25.7 Å². The first-order valence-corrected chi connectivity index (χ1v) is 6.31. The van der Waals surface area contributed by atoms with E-state index in [1.54, 1.807) is 0 Å². The van der Waals surface area contributed by atoms with Crippen molar-refractivity contribution in [3.63, 3.8) is 0 Å². The SMILES string of the molecule is O=C(NC1(C(=O)O)CCCCC1)[C@H]1CCCO1. The van der Waals surface area contributed by atoms with Gasteiger partial charge < -0.3 is 15.2 Å². The number of carbonyl (C=O) groups excluding carboxylic acids is 1. The molecular weight excluding hydrogens is 222 g/mol. The molecule has 1 aliphatic carbocycles. The molecule has 5 nitrogen and oxygen atoms in total.